The zero-order valence-electron chi connectivity index (χ0n) is 10.3. The predicted octanol–water partition coefficient (Wildman–Crippen LogP) is 2.73. The van der Waals surface area contributed by atoms with Crippen molar-refractivity contribution in [1.82, 2.24) is 9.55 Å². The van der Waals surface area contributed by atoms with Crippen LogP contribution in [0.3, 0.4) is 0 Å². The van der Waals surface area contributed by atoms with Crippen LogP contribution in [-0.4, -0.2) is 22.6 Å². The molecule has 2 heterocycles. The fourth-order valence-electron chi connectivity index (χ4n) is 1.57. The van der Waals surface area contributed by atoms with Gasteiger partial charge in [-0.1, -0.05) is 12.1 Å². The molecule has 5 heteroatoms. The van der Waals surface area contributed by atoms with Crippen molar-refractivity contribution < 1.29 is 9.53 Å². The first-order valence-electron chi connectivity index (χ1n) is 5.52. The van der Waals surface area contributed by atoms with Gasteiger partial charge < -0.3 is 9.30 Å². The number of hydrogen-bond acceptors (Lipinski definition) is 4. The molecule has 0 N–H and O–H groups in total. The molecule has 0 aliphatic heterocycles. The van der Waals surface area contributed by atoms with Gasteiger partial charge in [0.15, 0.2) is 0 Å². The Balaban J connectivity index is 2.17. The number of carbonyl (C=O) groups excluding carboxylic acids is 1. The van der Waals surface area contributed by atoms with Gasteiger partial charge in [0, 0.05) is 24.5 Å². The van der Waals surface area contributed by atoms with Crippen LogP contribution in [0.15, 0.2) is 41.6 Å². The van der Waals surface area contributed by atoms with Gasteiger partial charge in [0.1, 0.15) is 5.82 Å². The largest absolute Gasteiger partial charge is 0.466 e. The second-order valence-corrected chi connectivity index (χ2v) is 4.71. The number of ether oxygens (including phenoxy) is 1. The van der Waals surface area contributed by atoms with E-state index < -0.39 is 0 Å². The molecule has 0 saturated carbocycles. The molecule has 94 valence electrons. The van der Waals surface area contributed by atoms with Gasteiger partial charge >= 0.3 is 5.97 Å². The molecule has 2 rings (SSSR count). The van der Waals surface area contributed by atoms with Crippen LogP contribution in [0.25, 0.3) is 10.7 Å². The highest BCUT2D eigenvalue weighted by Crippen LogP contribution is 2.22. The SMILES string of the molecule is COC(=O)C(C)=CCn1ccnc1-c1cccs1. The van der Waals surface area contributed by atoms with E-state index in [-0.39, 0.29) is 5.97 Å². The molecule has 0 saturated heterocycles. The minimum absolute atomic E-state index is 0.298. The van der Waals surface area contributed by atoms with Crippen LogP contribution in [0.5, 0.6) is 0 Å². The smallest absolute Gasteiger partial charge is 0.333 e. The van der Waals surface area contributed by atoms with Crippen molar-refractivity contribution in [3.8, 4) is 10.7 Å². The summed E-state index contributed by atoms with van der Waals surface area (Å²) in [4.78, 5) is 16.7. The number of rotatable bonds is 4. The highest BCUT2D eigenvalue weighted by Gasteiger charge is 2.07. The Hall–Kier alpha value is -1.88. The number of methoxy groups -OCH3 is 1. The molecule has 0 aromatic carbocycles. The van der Waals surface area contributed by atoms with Crippen molar-refractivity contribution in [2.75, 3.05) is 7.11 Å². The van der Waals surface area contributed by atoms with Crippen LogP contribution < -0.4 is 0 Å². The normalized spacial score (nSPS) is 11.6. The Morgan fingerprint density at radius 3 is 3.11 bits per heavy atom. The number of carbonyl (C=O) groups is 1. The Morgan fingerprint density at radius 2 is 2.44 bits per heavy atom. The molecule has 18 heavy (non-hydrogen) atoms. The molecular weight excluding hydrogens is 248 g/mol. The average Bonchev–Trinajstić information content (AvgIpc) is 3.04. The zero-order chi connectivity index (χ0) is 13.0. The zero-order valence-corrected chi connectivity index (χ0v) is 11.1. The molecule has 2 aromatic heterocycles. The lowest BCUT2D eigenvalue weighted by Gasteiger charge is -2.04. The number of aromatic nitrogens is 2. The maximum Gasteiger partial charge on any atom is 0.333 e. The maximum absolute atomic E-state index is 11.3. The lowest BCUT2D eigenvalue weighted by Crippen LogP contribution is -2.04. The summed E-state index contributed by atoms with van der Waals surface area (Å²) in [6.07, 6.45) is 5.50. The summed E-state index contributed by atoms with van der Waals surface area (Å²) in [6, 6.07) is 4.02. The second-order valence-electron chi connectivity index (χ2n) is 3.76. The minimum atomic E-state index is -0.298. The van der Waals surface area contributed by atoms with Crippen molar-refractivity contribution in [3.63, 3.8) is 0 Å². The van der Waals surface area contributed by atoms with E-state index in [9.17, 15) is 4.79 Å². The standard InChI is InChI=1S/C13H14N2O2S/c1-10(13(16)17-2)5-7-15-8-6-14-12(15)11-4-3-9-18-11/h3-6,8-9H,7H2,1-2H3. The highest BCUT2D eigenvalue weighted by atomic mass is 32.1. The lowest BCUT2D eigenvalue weighted by molar-refractivity contribution is -0.136. The third kappa shape index (κ3) is 2.68. The van der Waals surface area contributed by atoms with Gasteiger partial charge in [0.2, 0.25) is 0 Å². The third-order valence-electron chi connectivity index (χ3n) is 2.56. The molecule has 0 bridgehead atoms. The van der Waals surface area contributed by atoms with Gasteiger partial charge in [-0.25, -0.2) is 9.78 Å². The van der Waals surface area contributed by atoms with Crippen LogP contribution in [-0.2, 0) is 16.1 Å². The first kappa shape index (κ1) is 12.6. The van der Waals surface area contributed by atoms with Crippen molar-refractivity contribution in [3.05, 3.63) is 41.6 Å². The minimum Gasteiger partial charge on any atom is -0.466 e. The molecule has 4 nitrogen and oxygen atoms in total. The van der Waals surface area contributed by atoms with Crippen molar-refractivity contribution in [1.29, 1.82) is 0 Å². The van der Waals surface area contributed by atoms with Crippen molar-refractivity contribution in [2.24, 2.45) is 0 Å². The monoisotopic (exact) mass is 262 g/mol. The molecule has 0 atom stereocenters. The van der Waals surface area contributed by atoms with Gasteiger partial charge in [-0.2, -0.15) is 0 Å². The fraction of sp³-hybridized carbons (Fsp3) is 0.231. The Kier molecular flexibility index (Phi) is 3.94. The van der Waals surface area contributed by atoms with E-state index in [0.29, 0.717) is 12.1 Å². The summed E-state index contributed by atoms with van der Waals surface area (Å²) in [5, 5.41) is 2.02. The van der Waals surface area contributed by atoms with Gasteiger partial charge in [-0.3, -0.25) is 0 Å². The molecule has 2 aromatic rings. The van der Waals surface area contributed by atoms with Gasteiger partial charge in [0.05, 0.1) is 12.0 Å². The van der Waals surface area contributed by atoms with Crippen LogP contribution >= 0.6 is 11.3 Å². The molecule has 0 fully saturated rings. The van der Waals surface area contributed by atoms with Crippen LogP contribution in [0.1, 0.15) is 6.92 Å². The summed E-state index contributed by atoms with van der Waals surface area (Å²) in [5.41, 5.74) is 0.600. The molecule has 0 amide bonds. The van der Waals surface area contributed by atoms with Crippen LogP contribution in [0, 0.1) is 0 Å². The molecule has 0 radical (unpaired) electrons. The number of allylic oxidation sites excluding steroid dienone is 1. The third-order valence-corrected chi connectivity index (χ3v) is 3.42. The first-order valence-corrected chi connectivity index (χ1v) is 6.40. The summed E-state index contributed by atoms with van der Waals surface area (Å²) >= 11 is 1.64. The Labute approximate surface area is 110 Å². The van der Waals surface area contributed by atoms with E-state index >= 15 is 0 Å². The predicted molar refractivity (Wildman–Crippen MR) is 71.3 cm³/mol. The van der Waals surface area contributed by atoms with Gasteiger partial charge in [0.25, 0.3) is 0 Å². The second kappa shape index (κ2) is 5.64. The number of imidazole rings is 1. The number of esters is 1. The number of nitrogens with zero attached hydrogens (tertiary/aromatic N) is 2. The van der Waals surface area contributed by atoms with Crippen LogP contribution in [0.4, 0.5) is 0 Å². The van der Waals surface area contributed by atoms with E-state index in [1.807, 2.05) is 34.4 Å². The van der Waals surface area contributed by atoms with E-state index in [2.05, 4.69) is 9.72 Å². The number of thiophene rings is 1. The number of hydrogen-bond donors (Lipinski definition) is 0. The van der Waals surface area contributed by atoms with E-state index in [1.54, 1.807) is 24.5 Å². The Morgan fingerprint density at radius 1 is 1.61 bits per heavy atom. The lowest BCUT2D eigenvalue weighted by atomic mass is 10.3. The van der Waals surface area contributed by atoms with E-state index in [1.165, 1.54) is 7.11 Å². The first-order chi connectivity index (χ1) is 8.72. The summed E-state index contributed by atoms with van der Waals surface area (Å²) in [5.74, 6) is 0.617. The molecule has 0 spiro atoms. The van der Waals surface area contributed by atoms with Crippen molar-refractivity contribution in [2.45, 2.75) is 13.5 Å². The molecule has 0 aliphatic carbocycles. The quantitative estimate of drug-likeness (QED) is 0.628. The van der Waals surface area contributed by atoms with Crippen LogP contribution in [0.2, 0.25) is 0 Å². The van der Waals surface area contributed by atoms with E-state index in [4.69, 9.17) is 0 Å². The summed E-state index contributed by atoms with van der Waals surface area (Å²) in [7, 11) is 1.38. The van der Waals surface area contributed by atoms with Crippen molar-refractivity contribution >= 4 is 17.3 Å². The summed E-state index contributed by atoms with van der Waals surface area (Å²) < 4.78 is 6.65. The fourth-order valence-corrected chi connectivity index (χ4v) is 2.30. The van der Waals surface area contributed by atoms with Gasteiger partial charge in [-0.05, 0) is 18.4 Å². The highest BCUT2D eigenvalue weighted by molar-refractivity contribution is 7.13. The average molecular weight is 262 g/mol. The van der Waals surface area contributed by atoms with E-state index in [0.717, 1.165) is 10.7 Å². The maximum atomic E-state index is 11.3. The summed E-state index contributed by atoms with van der Waals surface area (Å²) in [6.45, 7) is 2.35. The Bertz CT molecular complexity index is 555. The topological polar surface area (TPSA) is 44.1 Å². The molecular formula is C13H14N2O2S. The van der Waals surface area contributed by atoms with Gasteiger partial charge in [-0.15, -0.1) is 11.3 Å². The molecule has 0 unspecified atom stereocenters. The molecule has 0 aliphatic rings.